The molecule has 1 aliphatic rings. The van der Waals surface area contributed by atoms with Crippen molar-refractivity contribution in [3.05, 3.63) is 54.4 Å². The third-order valence-electron chi connectivity index (χ3n) is 6.20. The van der Waals surface area contributed by atoms with Crippen LogP contribution in [0.2, 0.25) is 0 Å². The SMILES string of the molecule is CC1(C(=O)O)CCC(C(=O)Nc2ccccc2N=Cc2ccccn2)C1(C)C. The molecule has 0 bridgehead atoms. The maximum Gasteiger partial charge on any atom is 0.309 e. The molecule has 0 saturated heterocycles. The third kappa shape index (κ3) is 3.54. The molecule has 6 nitrogen and oxygen atoms in total. The fraction of sp³-hybridized carbons (Fsp3) is 0.364. The van der Waals surface area contributed by atoms with Crippen molar-refractivity contribution in [2.75, 3.05) is 5.32 Å². The molecule has 1 amide bonds. The summed E-state index contributed by atoms with van der Waals surface area (Å²) in [5.41, 5.74) is 0.358. The Morgan fingerprint density at radius 2 is 1.89 bits per heavy atom. The number of amides is 1. The van der Waals surface area contributed by atoms with Gasteiger partial charge in [-0.15, -0.1) is 0 Å². The minimum atomic E-state index is -0.925. The molecule has 0 radical (unpaired) electrons. The minimum Gasteiger partial charge on any atom is -0.481 e. The number of nitrogens with one attached hydrogen (secondary N) is 1. The number of carbonyl (C=O) groups is 2. The quantitative estimate of drug-likeness (QED) is 0.758. The van der Waals surface area contributed by atoms with Gasteiger partial charge in [0.15, 0.2) is 0 Å². The number of hydrogen-bond donors (Lipinski definition) is 2. The van der Waals surface area contributed by atoms with E-state index < -0.39 is 16.8 Å². The molecule has 2 unspecified atom stereocenters. The van der Waals surface area contributed by atoms with Gasteiger partial charge in [0, 0.05) is 12.1 Å². The van der Waals surface area contributed by atoms with E-state index in [9.17, 15) is 14.7 Å². The van der Waals surface area contributed by atoms with Gasteiger partial charge in [0.1, 0.15) is 0 Å². The highest BCUT2D eigenvalue weighted by Crippen LogP contribution is 2.56. The number of anilines is 1. The van der Waals surface area contributed by atoms with E-state index in [4.69, 9.17) is 0 Å². The summed E-state index contributed by atoms with van der Waals surface area (Å²) in [6.07, 6.45) is 4.36. The van der Waals surface area contributed by atoms with Crippen molar-refractivity contribution < 1.29 is 14.7 Å². The van der Waals surface area contributed by atoms with Crippen LogP contribution in [0.1, 0.15) is 39.3 Å². The number of aliphatic carboxylic acids is 1. The zero-order valence-corrected chi connectivity index (χ0v) is 16.3. The fourth-order valence-corrected chi connectivity index (χ4v) is 3.84. The largest absolute Gasteiger partial charge is 0.481 e. The maximum atomic E-state index is 13.0. The number of carboxylic acid groups (broad SMARTS) is 1. The Balaban J connectivity index is 1.80. The first-order valence-electron chi connectivity index (χ1n) is 9.34. The topological polar surface area (TPSA) is 91.6 Å². The lowest BCUT2D eigenvalue weighted by Crippen LogP contribution is -2.43. The van der Waals surface area contributed by atoms with Gasteiger partial charge < -0.3 is 10.4 Å². The predicted octanol–water partition coefficient (Wildman–Crippen LogP) is 4.30. The lowest BCUT2D eigenvalue weighted by Gasteiger charge is -2.37. The van der Waals surface area contributed by atoms with Crippen LogP contribution >= 0.6 is 0 Å². The van der Waals surface area contributed by atoms with Crippen LogP contribution in [-0.4, -0.2) is 28.2 Å². The van der Waals surface area contributed by atoms with E-state index in [2.05, 4.69) is 15.3 Å². The van der Waals surface area contributed by atoms with Crippen LogP contribution in [0.15, 0.2) is 53.7 Å². The van der Waals surface area contributed by atoms with Crippen molar-refractivity contribution in [3.63, 3.8) is 0 Å². The van der Waals surface area contributed by atoms with Crippen LogP contribution < -0.4 is 5.32 Å². The predicted molar refractivity (Wildman–Crippen MR) is 109 cm³/mol. The van der Waals surface area contributed by atoms with E-state index in [1.54, 1.807) is 25.4 Å². The van der Waals surface area contributed by atoms with Crippen molar-refractivity contribution in [1.29, 1.82) is 0 Å². The monoisotopic (exact) mass is 379 g/mol. The number of carbonyl (C=O) groups excluding carboxylic acids is 1. The second-order valence-corrected chi connectivity index (χ2v) is 7.97. The minimum absolute atomic E-state index is 0.171. The Bertz CT molecular complexity index is 908. The molecule has 28 heavy (non-hydrogen) atoms. The highest BCUT2D eigenvalue weighted by molar-refractivity contribution is 5.97. The van der Waals surface area contributed by atoms with Crippen molar-refractivity contribution in [2.24, 2.45) is 21.7 Å². The van der Waals surface area contributed by atoms with E-state index in [0.29, 0.717) is 24.2 Å². The summed E-state index contributed by atoms with van der Waals surface area (Å²) in [6, 6.07) is 12.8. The fourth-order valence-electron chi connectivity index (χ4n) is 3.84. The number of aliphatic imine (C=N–C) groups is 1. The second-order valence-electron chi connectivity index (χ2n) is 7.97. The molecule has 146 valence electrons. The normalized spacial score (nSPS) is 23.6. The molecule has 2 atom stereocenters. The van der Waals surface area contributed by atoms with Gasteiger partial charge in [-0.1, -0.05) is 32.0 Å². The van der Waals surface area contributed by atoms with Crippen molar-refractivity contribution in [3.8, 4) is 0 Å². The van der Waals surface area contributed by atoms with Gasteiger partial charge in [0.25, 0.3) is 0 Å². The highest BCUT2D eigenvalue weighted by Gasteiger charge is 2.58. The number of para-hydroxylation sites is 2. The van der Waals surface area contributed by atoms with Gasteiger partial charge in [-0.3, -0.25) is 19.6 Å². The molecule has 1 saturated carbocycles. The van der Waals surface area contributed by atoms with Gasteiger partial charge in [-0.2, -0.15) is 0 Å². The van der Waals surface area contributed by atoms with E-state index in [0.717, 1.165) is 5.69 Å². The number of carboxylic acids is 1. The summed E-state index contributed by atoms with van der Waals surface area (Å²) in [6.45, 7) is 5.46. The van der Waals surface area contributed by atoms with E-state index in [1.807, 2.05) is 50.2 Å². The maximum absolute atomic E-state index is 13.0. The molecule has 2 N–H and O–H groups in total. The zero-order valence-electron chi connectivity index (χ0n) is 16.3. The van der Waals surface area contributed by atoms with Crippen LogP contribution in [0.5, 0.6) is 0 Å². The number of aromatic nitrogens is 1. The Hall–Kier alpha value is -3.02. The average molecular weight is 379 g/mol. The van der Waals surface area contributed by atoms with Crippen LogP contribution in [0.3, 0.4) is 0 Å². The number of pyridine rings is 1. The van der Waals surface area contributed by atoms with Crippen LogP contribution in [0, 0.1) is 16.7 Å². The first-order valence-corrected chi connectivity index (χ1v) is 9.34. The van der Waals surface area contributed by atoms with Gasteiger partial charge in [-0.05, 0) is 49.4 Å². The molecule has 1 aromatic heterocycles. The molecular formula is C22H25N3O3. The Kier molecular flexibility index (Phi) is 5.31. The molecule has 0 aliphatic heterocycles. The van der Waals surface area contributed by atoms with Gasteiger partial charge >= 0.3 is 5.97 Å². The van der Waals surface area contributed by atoms with E-state index in [1.165, 1.54) is 0 Å². The molecule has 0 spiro atoms. The van der Waals surface area contributed by atoms with Crippen LogP contribution in [0.25, 0.3) is 0 Å². The molecule has 3 rings (SSSR count). The molecule has 1 fully saturated rings. The number of hydrogen-bond acceptors (Lipinski definition) is 4. The third-order valence-corrected chi connectivity index (χ3v) is 6.20. The molecule has 6 heteroatoms. The summed E-state index contributed by atoms with van der Waals surface area (Å²) in [5.74, 6) is -1.41. The first-order chi connectivity index (χ1) is 13.3. The van der Waals surface area contributed by atoms with Crippen molar-refractivity contribution >= 4 is 29.5 Å². The first kappa shape index (κ1) is 19.7. The van der Waals surface area contributed by atoms with Crippen molar-refractivity contribution in [2.45, 2.75) is 33.6 Å². The summed E-state index contributed by atoms with van der Waals surface area (Å²) < 4.78 is 0. The summed E-state index contributed by atoms with van der Waals surface area (Å²) >= 11 is 0. The number of nitrogens with zero attached hydrogens (tertiary/aromatic N) is 2. The number of benzene rings is 1. The van der Waals surface area contributed by atoms with Gasteiger partial charge in [0.05, 0.1) is 28.7 Å². The standard InChI is InChI=1S/C22H25N3O3/c1-21(2)16(11-12-22(21,3)20(27)28)19(26)25-18-10-5-4-9-17(18)24-14-15-8-6-7-13-23-15/h4-10,13-14,16H,11-12H2,1-3H3,(H,25,26)(H,27,28). The second kappa shape index (κ2) is 7.54. The lowest BCUT2D eigenvalue weighted by atomic mass is 9.65. The molecule has 1 aromatic carbocycles. The summed E-state index contributed by atoms with van der Waals surface area (Å²) in [7, 11) is 0. The van der Waals surface area contributed by atoms with Gasteiger partial charge in [0.2, 0.25) is 5.91 Å². The van der Waals surface area contributed by atoms with E-state index in [-0.39, 0.29) is 11.8 Å². The van der Waals surface area contributed by atoms with Crippen LogP contribution in [0.4, 0.5) is 11.4 Å². The average Bonchev–Trinajstić information content (AvgIpc) is 2.92. The Labute approximate surface area is 164 Å². The molecule has 2 aromatic rings. The molecule has 1 heterocycles. The molecular weight excluding hydrogens is 354 g/mol. The summed E-state index contributed by atoms with van der Waals surface area (Å²) in [5, 5.41) is 12.6. The Morgan fingerprint density at radius 1 is 1.18 bits per heavy atom. The van der Waals surface area contributed by atoms with Gasteiger partial charge in [-0.25, -0.2) is 0 Å². The lowest BCUT2D eigenvalue weighted by molar-refractivity contribution is -0.154. The van der Waals surface area contributed by atoms with E-state index >= 15 is 0 Å². The Morgan fingerprint density at radius 3 is 2.54 bits per heavy atom. The highest BCUT2D eigenvalue weighted by atomic mass is 16.4. The molecule has 1 aliphatic carbocycles. The van der Waals surface area contributed by atoms with Crippen molar-refractivity contribution in [1.82, 2.24) is 4.98 Å². The zero-order chi connectivity index (χ0) is 20.4. The number of rotatable bonds is 5. The van der Waals surface area contributed by atoms with Crippen LogP contribution in [-0.2, 0) is 9.59 Å². The smallest absolute Gasteiger partial charge is 0.309 e. The summed E-state index contributed by atoms with van der Waals surface area (Å²) in [4.78, 5) is 33.4.